The lowest BCUT2D eigenvalue weighted by Gasteiger charge is -2.15. The Morgan fingerprint density at radius 1 is 1.55 bits per heavy atom. The fourth-order valence-electron chi connectivity index (χ4n) is 1.92. The van der Waals surface area contributed by atoms with E-state index in [9.17, 15) is 4.79 Å². The van der Waals surface area contributed by atoms with Gasteiger partial charge in [-0.05, 0) is 19.1 Å². The van der Waals surface area contributed by atoms with E-state index in [0.717, 1.165) is 32.8 Å². The minimum atomic E-state index is 0.112. The number of nitrogens with zero attached hydrogens (tertiary/aromatic N) is 3. The molecule has 2 rings (SSSR count). The van der Waals surface area contributed by atoms with Crippen LogP contribution in [0, 0.1) is 6.92 Å². The zero-order valence-corrected chi connectivity index (χ0v) is 14.4. The monoisotopic (exact) mass is 333 g/mol. The SMILES string of the molecule is C=CCSCCC(=O)N(C)c1sc(-c2cccnc2)nc1C. The maximum atomic E-state index is 12.3. The van der Waals surface area contributed by atoms with Crippen molar-refractivity contribution in [3.63, 3.8) is 0 Å². The summed E-state index contributed by atoms with van der Waals surface area (Å²) in [6.07, 6.45) is 5.90. The summed E-state index contributed by atoms with van der Waals surface area (Å²) in [5.74, 6) is 1.80. The van der Waals surface area contributed by atoms with Crippen molar-refractivity contribution < 1.29 is 4.79 Å². The van der Waals surface area contributed by atoms with Crippen LogP contribution in [0.25, 0.3) is 10.6 Å². The standard InChI is InChI=1S/C16H19N3OS2/c1-4-9-21-10-7-14(20)19(3)16-12(2)18-15(22-16)13-6-5-8-17-11-13/h4-6,8,11H,1,7,9-10H2,2-3H3. The summed E-state index contributed by atoms with van der Waals surface area (Å²) in [5.41, 5.74) is 1.85. The molecule has 0 atom stereocenters. The number of thioether (sulfide) groups is 1. The van der Waals surface area contributed by atoms with Gasteiger partial charge in [-0.1, -0.05) is 17.4 Å². The predicted molar refractivity (Wildman–Crippen MR) is 95.6 cm³/mol. The Kier molecular flexibility index (Phi) is 6.15. The minimum Gasteiger partial charge on any atom is -0.305 e. The molecule has 0 bridgehead atoms. The van der Waals surface area contributed by atoms with Crippen molar-refractivity contribution in [2.45, 2.75) is 13.3 Å². The number of carbonyl (C=O) groups excluding carboxylic acids is 1. The quantitative estimate of drug-likeness (QED) is 0.571. The first-order valence-electron chi connectivity index (χ1n) is 6.96. The summed E-state index contributed by atoms with van der Waals surface area (Å²) in [6.45, 7) is 5.61. The molecule has 0 saturated heterocycles. The average molecular weight is 333 g/mol. The number of aryl methyl sites for hydroxylation is 1. The van der Waals surface area contributed by atoms with Crippen molar-refractivity contribution in [2.24, 2.45) is 0 Å². The molecule has 0 N–H and O–H groups in total. The molecule has 0 aliphatic rings. The number of aromatic nitrogens is 2. The number of anilines is 1. The Morgan fingerprint density at radius 2 is 2.36 bits per heavy atom. The lowest BCUT2D eigenvalue weighted by atomic mass is 10.3. The largest absolute Gasteiger partial charge is 0.305 e. The van der Waals surface area contributed by atoms with Gasteiger partial charge in [0.1, 0.15) is 10.0 Å². The van der Waals surface area contributed by atoms with E-state index in [1.165, 1.54) is 11.3 Å². The molecule has 0 unspecified atom stereocenters. The Hall–Kier alpha value is -1.66. The van der Waals surface area contributed by atoms with Gasteiger partial charge in [0.15, 0.2) is 0 Å². The van der Waals surface area contributed by atoms with Gasteiger partial charge in [-0.3, -0.25) is 9.78 Å². The molecule has 0 fully saturated rings. The number of rotatable bonds is 7. The van der Waals surface area contributed by atoms with Gasteiger partial charge in [-0.25, -0.2) is 4.98 Å². The molecular formula is C16H19N3OS2. The molecular weight excluding hydrogens is 314 g/mol. The van der Waals surface area contributed by atoms with E-state index in [-0.39, 0.29) is 5.91 Å². The average Bonchev–Trinajstić information content (AvgIpc) is 2.93. The highest BCUT2D eigenvalue weighted by atomic mass is 32.2. The van der Waals surface area contributed by atoms with E-state index in [0.29, 0.717) is 6.42 Å². The molecule has 4 nitrogen and oxygen atoms in total. The fourth-order valence-corrected chi connectivity index (χ4v) is 3.61. The number of amides is 1. The molecule has 0 aliphatic heterocycles. The second kappa shape index (κ2) is 8.10. The van der Waals surface area contributed by atoms with Gasteiger partial charge in [0, 0.05) is 42.9 Å². The van der Waals surface area contributed by atoms with Crippen LogP contribution in [0.15, 0.2) is 37.2 Å². The molecule has 0 radical (unpaired) electrons. The topological polar surface area (TPSA) is 46.1 Å². The number of pyridine rings is 1. The third-order valence-corrected chi connectivity index (χ3v) is 5.30. The van der Waals surface area contributed by atoms with E-state index in [2.05, 4.69) is 16.5 Å². The zero-order valence-electron chi connectivity index (χ0n) is 12.8. The highest BCUT2D eigenvalue weighted by Crippen LogP contribution is 2.33. The van der Waals surface area contributed by atoms with Gasteiger partial charge in [-0.2, -0.15) is 11.8 Å². The first-order chi connectivity index (χ1) is 10.6. The first-order valence-corrected chi connectivity index (χ1v) is 8.93. The maximum absolute atomic E-state index is 12.3. The maximum Gasteiger partial charge on any atom is 0.228 e. The van der Waals surface area contributed by atoms with Crippen molar-refractivity contribution in [2.75, 3.05) is 23.5 Å². The molecule has 2 aromatic heterocycles. The van der Waals surface area contributed by atoms with E-state index in [4.69, 9.17) is 0 Å². The third kappa shape index (κ3) is 4.18. The first kappa shape index (κ1) is 16.7. The summed E-state index contributed by atoms with van der Waals surface area (Å²) in [4.78, 5) is 22.6. The summed E-state index contributed by atoms with van der Waals surface area (Å²) in [5, 5.41) is 1.79. The van der Waals surface area contributed by atoms with E-state index >= 15 is 0 Å². The lowest BCUT2D eigenvalue weighted by molar-refractivity contribution is -0.117. The molecule has 0 saturated carbocycles. The van der Waals surface area contributed by atoms with Crippen LogP contribution in [0.1, 0.15) is 12.1 Å². The Bertz CT molecular complexity index is 640. The van der Waals surface area contributed by atoms with Gasteiger partial charge in [0.2, 0.25) is 5.91 Å². The van der Waals surface area contributed by atoms with Crippen LogP contribution < -0.4 is 4.90 Å². The zero-order chi connectivity index (χ0) is 15.9. The van der Waals surface area contributed by atoms with Crippen molar-refractivity contribution in [1.29, 1.82) is 0 Å². The van der Waals surface area contributed by atoms with Crippen LogP contribution in [0.5, 0.6) is 0 Å². The smallest absolute Gasteiger partial charge is 0.228 e. The summed E-state index contributed by atoms with van der Waals surface area (Å²) < 4.78 is 0. The highest BCUT2D eigenvalue weighted by Gasteiger charge is 2.17. The van der Waals surface area contributed by atoms with Crippen molar-refractivity contribution in [3.8, 4) is 10.6 Å². The predicted octanol–water partition coefficient (Wildman–Crippen LogP) is 3.79. The van der Waals surface area contributed by atoms with Crippen molar-refractivity contribution in [3.05, 3.63) is 42.9 Å². The Labute approximate surface area is 139 Å². The van der Waals surface area contributed by atoms with Crippen LogP contribution >= 0.6 is 23.1 Å². The van der Waals surface area contributed by atoms with E-state index in [1.54, 1.807) is 29.1 Å². The van der Waals surface area contributed by atoms with E-state index < -0.39 is 0 Å². The molecule has 0 aromatic carbocycles. The molecule has 22 heavy (non-hydrogen) atoms. The van der Waals surface area contributed by atoms with Crippen LogP contribution in [0.3, 0.4) is 0 Å². The van der Waals surface area contributed by atoms with Gasteiger partial charge < -0.3 is 4.90 Å². The number of thiazole rings is 1. The normalized spacial score (nSPS) is 10.5. The summed E-state index contributed by atoms with van der Waals surface area (Å²) in [6, 6.07) is 3.86. The molecule has 0 aliphatic carbocycles. The summed E-state index contributed by atoms with van der Waals surface area (Å²) >= 11 is 3.24. The van der Waals surface area contributed by atoms with Crippen LogP contribution in [-0.4, -0.2) is 34.4 Å². The lowest BCUT2D eigenvalue weighted by Crippen LogP contribution is -2.26. The molecule has 2 heterocycles. The summed E-state index contributed by atoms with van der Waals surface area (Å²) in [7, 11) is 1.81. The number of hydrogen-bond acceptors (Lipinski definition) is 5. The van der Waals surface area contributed by atoms with E-state index in [1.807, 2.05) is 32.2 Å². The van der Waals surface area contributed by atoms with Gasteiger partial charge in [0.05, 0.1) is 5.69 Å². The van der Waals surface area contributed by atoms with Crippen LogP contribution in [0.4, 0.5) is 5.00 Å². The fraction of sp³-hybridized carbons (Fsp3) is 0.312. The van der Waals surface area contributed by atoms with Gasteiger partial charge in [-0.15, -0.1) is 6.58 Å². The number of hydrogen-bond donors (Lipinski definition) is 0. The minimum absolute atomic E-state index is 0.112. The molecule has 1 amide bonds. The Morgan fingerprint density at radius 3 is 3.05 bits per heavy atom. The number of carbonyl (C=O) groups is 1. The second-order valence-electron chi connectivity index (χ2n) is 4.72. The second-order valence-corrected chi connectivity index (χ2v) is 6.84. The van der Waals surface area contributed by atoms with Crippen molar-refractivity contribution >= 4 is 34.0 Å². The molecule has 0 spiro atoms. The molecule has 116 valence electrons. The highest BCUT2D eigenvalue weighted by molar-refractivity contribution is 7.99. The van der Waals surface area contributed by atoms with Gasteiger partial charge in [0.25, 0.3) is 0 Å². The third-order valence-electron chi connectivity index (χ3n) is 3.06. The van der Waals surface area contributed by atoms with Crippen molar-refractivity contribution in [1.82, 2.24) is 9.97 Å². The van der Waals surface area contributed by atoms with Crippen LogP contribution in [-0.2, 0) is 4.79 Å². The molecule has 2 aromatic rings. The molecule has 6 heteroatoms. The van der Waals surface area contributed by atoms with Gasteiger partial charge >= 0.3 is 0 Å². The Balaban J connectivity index is 2.07. The van der Waals surface area contributed by atoms with Crippen LogP contribution in [0.2, 0.25) is 0 Å².